The van der Waals surface area contributed by atoms with Gasteiger partial charge in [0.1, 0.15) is 5.69 Å². The van der Waals surface area contributed by atoms with Gasteiger partial charge in [0.2, 0.25) is 5.91 Å². The summed E-state index contributed by atoms with van der Waals surface area (Å²) in [5.74, 6) is -1.92. The Kier molecular flexibility index (Phi) is 7.46. The number of carboxylic acid groups (broad SMARTS) is 1. The predicted molar refractivity (Wildman–Crippen MR) is 126 cm³/mol. The Balaban J connectivity index is 1.85. The lowest BCUT2D eigenvalue weighted by Gasteiger charge is -2.15. The zero-order valence-corrected chi connectivity index (χ0v) is 18.6. The quantitative estimate of drug-likeness (QED) is 0.361. The molecule has 170 valence electrons. The fourth-order valence-corrected chi connectivity index (χ4v) is 3.68. The number of benzene rings is 2. The summed E-state index contributed by atoms with van der Waals surface area (Å²) < 4.78 is 0. The van der Waals surface area contributed by atoms with E-state index < -0.39 is 11.9 Å². The number of amides is 2. The van der Waals surface area contributed by atoms with Gasteiger partial charge < -0.3 is 20.7 Å². The molecule has 1 aromatic heterocycles. The lowest BCUT2D eigenvalue weighted by atomic mass is 9.98. The third kappa shape index (κ3) is 5.39. The molecule has 3 aromatic rings. The number of nitriles is 1. The molecule has 0 aliphatic carbocycles. The normalized spacial score (nSPS) is 11.5. The second-order valence-corrected chi connectivity index (χ2v) is 7.82. The van der Waals surface area contributed by atoms with Crippen LogP contribution < -0.4 is 10.6 Å². The molecule has 4 N–H and O–H groups in total. The van der Waals surface area contributed by atoms with Crippen LogP contribution in [0, 0.1) is 17.2 Å². The number of rotatable bonds is 9. The first kappa shape index (κ1) is 23.5. The highest BCUT2D eigenvalue weighted by Gasteiger charge is 2.19. The molecule has 2 aromatic carbocycles. The summed E-state index contributed by atoms with van der Waals surface area (Å²) in [5, 5.41) is 24.7. The van der Waals surface area contributed by atoms with Crippen molar-refractivity contribution in [3.8, 4) is 6.07 Å². The maximum Gasteiger partial charge on any atom is 0.337 e. The number of unbranched alkanes of at least 4 members (excludes halogenated alkanes) is 1. The molecule has 0 radical (unpaired) electrons. The first-order chi connectivity index (χ1) is 15.9. The predicted octanol–water partition coefficient (Wildman–Crippen LogP) is 5.14. The number of nitrogens with one attached hydrogen (secondary N) is 3. The Bertz CT molecular complexity index is 1240. The van der Waals surface area contributed by atoms with Crippen LogP contribution in [0.4, 0.5) is 11.4 Å². The van der Waals surface area contributed by atoms with Crippen molar-refractivity contribution in [3.05, 3.63) is 59.3 Å². The highest BCUT2D eigenvalue weighted by Crippen LogP contribution is 2.26. The number of anilines is 2. The van der Waals surface area contributed by atoms with E-state index in [-0.39, 0.29) is 34.3 Å². The Morgan fingerprint density at radius 2 is 1.88 bits per heavy atom. The van der Waals surface area contributed by atoms with Crippen LogP contribution in [0.2, 0.25) is 0 Å². The van der Waals surface area contributed by atoms with Crippen LogP contribution in [0.5, 0.6) is 0 Å². The van der Waals surface area contributed by atoms with Gasteiger partial charge in [-0.15, -0.1) is 0 Å². The fourth-order valence-electron chi connectivity index (χ4n) is 3.68. The van der Waals surface area contributed by atoms with Crippen LogP contribution in [0.25, 0.3) is 10.9 Å². The van der Waals surface area contributed by atoms with E-state index in [1.807, 2.05) is 19.1 Å². The Hall–Kier alpha value is -4.12. The molecule has 0 bridgehead atoms. The van der Waals surface area contributed by atoms with Crippen molar-refractivity contribution in [2.75, 3.05) is 10.6 Å². The van der Waals surface area contributed by atoms with Gasteiger partial charge in [0, 0.05) is 11.3 Å². The first-order valence-electron chi connectivity index (χ1n) is 10.9. The van der Waals surface area contributed by atoms with Gasteiger partial charge in [-0.2, -0.15) is 5.26 Å². The second-order valence-electron chi connectivity index (χ2n) is 7.82. The molecule has 0 spiro atoms. The van der Waals surface area contributed by atoms with Gasteiger partial charge in [0.25, 0.3) is 5.91 Å². The van der Waals surface area contributed by atoms with E-state index in [0.717, 1.165) is 31.1 Å². The molecule has 1 unspecified atom stereocenters. The van der Waals surface area contributed by atoms with Crippen molar-refractivity contribution in [3.63, 3.8) is 0 Å². The van der Waals surface area contributed by atoms with Gasteiger partial charge in [-0.05, 0) is 43.2 Å². The van der Waals surface area contributed by atoms with Crippen LogP contribution in [0.15, 0.2) is 42.5 Å². The molecule has 2 amide bonds. The molecule has 0 fully saturated rings. The van der Waals surface area contributed by atoms with Crippen LogP contribution in [-0.4, -0.2) is 27.9 Å². The summed E-state index contributed by atoms with van der Waals surface area (Å²) in [6.45, 7) is 4.08. The van der Waals surface area contributed by atoms with Crippen molar-refractivity contribution in [2.45, 2.75) is 39.5 Å². The Morgan fingerprint density at radius 1 is 1.09 bits per heavy atom. The topological polar surface area (TPSA) is 135 Å². The SMILES string of the molecule is CCCCC(CC)C(=O)Nc1cccc2cc(C(=O)Nc3ccc(C#N)cc3C(=O)O)[nH]c12. The summed E-state index contributed by atoms with van der Waals surface area (Å²) in [6.07, 6.45) is 3.58. The van der Waals surface area contributed by atoms with E-state index in [1.54, 1.807) is 18.2 Å². The average Bonchev–Trinajstić information content (AvgIpc) is 3.25. The largest absolute Gasteiger partial charge is 0.478 e. The van der Waals surface area contributed by atoms with Crippen molar-refractivity contribution < 1.29 is 19.5 Å². The van der Waals surface area contributed by atoms with E-state index in [4.69, 9.17) is 5.26 Å². The van der Waals surface area contributed by atoms with E-state index >= 15 is 0 Å². The van der Waals surface area contributed by atoms with E-state index in [1.165, 1.54) is 18.2 Å². The zero-order valence-electron chi connectivity index (χ0n) is 18.6. The van der Waals surface area contributed by atoms with Gasteiger partial charge in [-0.3, -0.25) is 9.59 Å². The van der Waals surface area contributed by atoms with E-state index in [2.05, 4.69) is 22.5 Å². The monoisotopic (exact) mass is 446 g/mol. The number of carbonyl (C=O) groups is 3. The highest BCUT2D eigenvalue weighted by atomic mass is 16.4. The van der Waals surface area contributed by atoms with Gasteiger partial charge >= 0.3 is 5.97 Å². The summed E-state index contributed by atoms with van der Waals surface area (Å²) in [4.78, 5) is 40.1. The van der Waals surface area contributed by atoms with E-state index in [9.17, 15) is 19.5 Å². The second kappa shape index (κ2) is 10.5. The van der Waals surface area contributed by atoms with Crippen molar-refractivity contribution in [2.24, 2.45) is 5.92 Å². The Labute approximate surface area is 191 Å². The molecule has 8 nitrogen and oxygen atoms in total. The summed E-state index contributed by atoms with van der Waals surface area (Å²) in [7, 11) is 0. The molecule has 0 aliphatic rings. The summed E-state index contributed by atoms with van der Waals surface area (Å²) in [6, 6.07) is 12.9. The van der Waals surface area contributed by atoms with Gasteiger partial charge in [0.15, 0.2) is 0 Å². The molecule has 0 aliphatic heterocycles. The number of aromatic carboxylic acids is 1. The number of carbonyl (C=O) groups excluding carboxylic acids is 2. The highest BCUT2D eigenvalue weighted by molar-refractivity contribution is 6.10. The third-order valence-electron chi connectivity index (χ3n) is 5.56. The number of nitrogens with zero attached hydrogens (tertiary/aromatic N) is 1. The van der Waals surface area contributed by atoms with Gasteiger partial charge in [-0.25, -0.2) is 4.79 Å². The lowest BCUT2D eigenvalue weighted by Crippen LogP contribution is -2.22. The molecule has 0 saturated carbocycles. The smallest absolute Gasteiger partial charge is 0.337 e. The number of hydrogen-bond donors (Lipinski definition) is 4. The summed E-state index contributed by atoms with van der Waals surface area (Å²) >= 11 is 0. The maximum atomic E-state index is 12.8. The minimum Gasteiger partial charge on any atom is -0.478 e. The average molecular weight is 447 g/mol. The molecule has 1 heterocycles. The number of hydrogen-bond acceptors (Lipinski definition) is 4. The maximum absolute atomic E-state index is 12.8. The number of aromatic amines is 1. The molecule has 33 heavy (non-hydrogen) atoms. The number of carboxylic acids is 1. The van der Waals surface area contributed by atoms with Gasteiger partial charge in [0.05, 0.1) is 34.1 Å². The molecule has 8 heteroatoms. The van der Waals surface area contributed by atoms with Crippen LogP contribution in [0.3, 0.4) is 0 Å². The molecule has 3 rings (SSSR count). The molecular weight excluding hydrogens is 420 g/mol. The standard InChI is InChI=1S/C25H26N4O4/c1-3-5-7-16(4-2)23(30)29-20-9-6-8-17-13-21(27-22(17)20)24(31)28-19-11-10-15(14-26)12-18(19)25(32)33/h6,8-13,16,27H,3-5,7H2,1-2H3,(H,28,31)(H,29,30)(H,32,33). The third-order valence-corrected chi connectivity index (χ3v) is 5.56. The lowest BCUT2D eigenvalue weighted by molar-refractivity contribution is -0.120. The number of fused-ring (bicyclic) bond motifs is 1. The van der Waals surface area contributed by atoms with Crippen molar-refractivity contribution >= 4 is 40.1 Å². The van der Waals surface area contributed by atoms with Gasteiger partial charge in [-0.1, -0.05) is 38.8 Å². The number of H-pyrrole nitrogens is 1. The zero-order chi connectivity index (χ0) is 24.0. The fraction of sp³-hybridized carbons (Fsp3) is 0.280. The van der Waals surface area contributed by atoms with Crippen LogP contribution in [-0.2, 0) is 4.79 Å². The van der Waals surface area contributed by atoms with Crippen molar-refractivity contribution in [1.29, 1.82) is 5.26 Å². The van der Waals surface area contributed by atoms with Crippen LogP contribution in [0.1, 0.15) is 65.9 Å². The summed E-state index contributed by atoms with van der Waals surface area (Å²) in [5.41, 5.74) is 1.49. The number of aromatic nitrogens is 1. The first-order valence-corrected chi connectivity index (χ1v) is 10.9. The molecule has 1 atom stereocenters. The van der Waals surface area contributed by atoms with Crippen molar-refractivity contribution in [1.82, 2.24) is 4.98 Å². The molecule has 0 saturated heterocycles. The number of para-hydroxylation sites is 1. The minimum absolute atomic E-state index is 0.0530. The molecular formula is C25H26N4O4. The minimum atomic E-state index is -1.25. The van der Waals surface area contributed by atoms with E-state index in [0.29, 0.717) is 11.2 Å². The van der Waals surface area contributed by atoms with Crippen LogP contribution >= 0.6 is 0 Å². The Morgan fingerprint density at radius 3 is 2.55 bits per heavy atom.